The van der Waals surface area contributed by atoms with Crippen LogP contribution in [0.25, 0.3) is 11.2 Å². The third-order valence-corrected chi connectivity index (χ3v) is 5.15. The predicted molar refractivity (Wildman–Crippen MR) is 109 cm³/mol. The van der Waals surface area contributed by atoms with Crippen molar-refractivity contribution in [2.24, 2.45) is 5.10 Å². The number of fused-ring (bicyclic) bond motifs is 1. The highest BCUT2D eigenvalue weighted by Gasteiger charge is 2.45. The van der Waals surface area contributed by atoms with E-state index in [1.54, 1.807) is 18.2 Å². The first-order chi connectivity index (χ1) is 14.4. The molecule has 3 aromatic rings. The number of aliphatic hydroxyl groups excluding tert-OH is 3. The van der Waals surface area contributed by atoms with Gasteiger partial charge in [-0.05, 0) is 12.1 Å². The van der Waals surface area contributed by atoms with Gasteiger partial charge in [0.2, 0.25) is 5.95 Å². The van der Waals surface area contributed by atoms with Crippen molar-refractivity contribution in [1.82, 2.24) is 19.5 Å². The van der Waals surface area contributed by atoms with E-state index in [1.165, 1.54) is 17.1 Å². The van der Waals surface area contributed by atoms with Crippen LogP contribution in [0.2, 0.25) is 10.0 Å². The number of nitrogens with one attached hydrogen (secondary N) is 2. The molecule has 0 spiro atoms. The number of aromatic amines is 1. The van der Waals surface area contributed by atoms with E-state index in [0.29, 0.717) is 15.6 Å². The van der Waals surface area contributed by atoms with E-state index < -0.39 is 36.7 Å². The maximum Gasteiger partial charge on any atom is 0.278 e. The topological polar surface area (TPSA) is 158 Å². The molecule has 11 nitrogen and oxygen atoms in total. The van der Waals surface area contributed by atoms with Crippen molar-refractivity contribution in [1.29, 1.82) is 0 Å². The third-order valence-electron chi connectivity index (χ3n) is 4.59. The fourth-order valence-corrected chi connectivity index (χ4v) is 3.56. The number of H-pyrrole nitrogens is 1. The van der Waals surface area contributed by atoms with Gasteiger partial charge < -0.3 is 25.0 Å². The molecule has 1 fully saturated rings. The molecule has 3 heterocycles. The molecule has 4 atom stereocenters. The quantitative estimate of drug-likeness (QED) is 0.275. The zero-order valence-electron chi connectivity index (χ0n) is 15.1. The SMILES string of the molecule is O=c1[nH]cnc2c1nc(N/N=C/c1ccc(Cl)cc1Cl)n2C1OC(CO)C(O)C1O. The number of aliphatic hydroxyl groups is 3. The molecule has 0 aliphatic carbocycles. The Morgan fingerprint density at radius 3 is 2.83 bits per heavy atom. The van der Waals surface area contributed by atoms with Crippen LogP contribution >= 0.6 is 23.2 Å². The van der Waals surface area contributed by atoms with Gasteiger partial charge in [-0.25, -0.2) is 15.4 Å². The summed E-state index contributed by atoms with van der Waals surface area (Å²) in [4.78, 5) is 22.8. The van der Waals surface area contributed by atoms with Gasteiger partial charge in [-0.3, -0.25) is 9.36 Å². The lowest BCUT2D eigenvalue weighted by Crippen LogP contribution is -2.33. The third kappa shape index (κ3) is 3.67. The molecular weight excluding hydrogens is 439 g/mol. The summed E-state index contributed by atoms with van der Waals surface area (Å²) in [5.74, 6) is 0.0189. The maximum absolute atomic E-state index is 12.1. The smallest absolute Gasteiger partial charge is 0.278 e. The number of aromatic nitrogens is 4. The van der Waals surface area contributed by atoms with Crippen LogP contribution in [0.1, 0.15) is 11.8 Å². The molecule has 1 aromatic carbocycles. The van der Waals surface area contributed by atoms with Crippen molar-refractivity contribution >= 4 is 46.5 Å². The Labute approximate surface area is 178 Å². The Bertz CT molecular complexity index is 1170. The first kappa shape index (κ1) is 20.7. The van der Waals surface area contributed by atoms with Crippen LogP contribution in [-0.2, 0) is 4.74 Å². The van der Waals surface area contributed by atoms with E-state index in [1.807, 2.05) is 0 Å². The zero-order valence-corrected chi connectivity index (χ0v) is 16.6. The number of rotatable bonds is 5. The maximum atomic E-state index is 12.1. The van der Waals surface area contributed by atoms with Gasteiger partial charge in [0, 0.05) is 10.6 Å². The second kappa shape index (κ2) is 8.30. The van der Waals surface area contributed by atoms with Crippen LogP contribution in [0.4, 0.5) is 5.95 Å². The highest BCUT2D eigenvalue weighted by molar-refractivity contribution is 6.36. The summed E-state index contributed by atoms with van der Waals surface area (Å²) in [5, 5.41) is 34.8. The van der Waals surface area contributed by atoms with E-state index in [-0.39, 0.29) is 17.1 Å². The Morgan fingerprint density at radius 2 is 2.13 bits per heavy atom. The van der Waals surface area contributed by atoms with Crippen LogP contribution in [0.3, 0.4) is 0 Å². The number of hydrogen-bond donors (Lipinski definition) is 5. The number of hydrogen-bond acceptors (Lipinski definition) is 9. The standard InChI is InChI=1S/C17H16Cl2N6O5/c18-8-2-1-7(9(19)3-8)4-22-24-17-23-11-14(20-6-21-15(11)29)25(17)16-13(28)12(27)10(5-26)30-16/h1-4,6,10,12-13,16,26-28H,5H2,(H,23,24)(H,20,21,29)/b22-4+. The average Bonchev–Trinajstić information content (AvgIpc) is 3.22. The van der Waals surface area contributed by atoms with Crippen LogP contribution in [0, 0.1) is 0 Å². The molecule has 1 saturated heterocycles. The number of nitrogens with zero attached hydrogens (tertiary/aromatic N) is 4. The molecule has 0 amide bonds. The van der Waals surface area contributed by atoms with Crippen molar-refractivity contribution in [3.05, 3.63) is 50.5 Å². The van der Waals surface area contributed by atoms with E-state index in [4.69, 9.17) is 27.9 Å². The summed E-state index contributed by atoms with van der Waals surface area (Å²) >= 11 is 12.0. The van der Waals surface area contributed by atoms with E-state index in [0.717, 1.165) is 0 Å². The van der Waals surface area contributed by atoms with Crippen LogP contribution in [-0.4, -0.2) is 66.0 Å². The van der Waals surface area contributed by atoms with Crippen LogP contribution in [0.15, 0.2) is 34.4 Å². The Morgan fingerprint density at radius 1 is 1.33 bits per heavy atom. The fraction of sp³-hybridized carbons (Fsp3) is 0.294. The first-order valence-electron chi connectivity index (χ1n) is 8.73. The molecule has 158 valence electrons. The van der Waals surface area contributed by atoms with E-state index >= 15 is 0 Å². The highest BCUT2D eigenvalue weighted by Crippen LogP contribution is 2.33. The average molecular weight is 455 g/mol. The number of anilines is 1. The summed E-state index contributed by atoms with van der Waals surface area (Å²) in [6, 6.07) is 4.87. The molecular formula is C17H16Cl2N6O5. The Hall–Kier alpha value is -2.54. The minimum atomic E-state index is -1.41. The lowest BCUT2D eigenvalue weighted by molar-refractivity contribution is -0.0501. The number of imidazole rings is 1. The number of hydrazone groups is 1. The number of benzene rings is 1. The molecule has 0 bridgehead atoms. The second-order valence-electron chi connectivity index (χ2n) is 6.47. The van der Waals surface area contributed by atoms with Crippen molar-refractivity contribution in [2.45, 2.75) is 24.5 Å². The molecule has 0 radical (unpaired) electrons. The minimum Gasteiger partial charge on any atom is -0.394 e. The molecule has 5 N–H and O–H groups in total. The van der Waals surface area contributed by atoms with Crippen LogP contribution < -0.4 is 11.0 Å². The first-order valence-corrected chi connectivity index (χ1v) is 9.48. The summed E-state index contributed by atoms with van der Waals surface area (Å²) in [6.45, 7) is -0.509. The predicted octanol–water partition coefficient (Wildman–Crippen LogP) is 0.484. The van der Waals surface area contributed by atoms with Gasteiger partial charge in [0.05, 0.1) is 24.2 Å². The fourth-order valence-electron chi connectivity index (χ4n) is 3.10. The van der Waals surface area contributed by atoms with Gasteiger partial charge in [-0.15, -0.1) is 0 Å². The molecule has 30 heavy (non-hydrogen) atoms. The lowest BCUT2D eigenvalue weighted by Gasteiger charge is -2.18. The van der Waals surface area contributed by atoms with Crippen molar-refractivity contribution in [3.63, 3.8) is 0 Å². The second-order valence-corrected chi connectivity index (χ2v) is 7.32. The van der Waals surface area contributed by atoms with Gasteiger partial charge in [0.25, 0.3) is 5.56 Å². The Kier molecular flexibility index (Phi) is 5.73. The van der Waals surface area contributed by atoms with Gasteiger partial charge in [0.15, 0.2) is 17.4 Å². The summed E-state index contributed by atoms with van der Waals surface area (Å²) < 4.78 is 6.84. The summed E-state index contributed by atoms with van der Waals surface area (Å²) in [6.07, 6.45) is -2.36. The molecule has 0 saturated carbocycles. The largest absolute Gasteiger partial charge is 0.394 e. The molecule has 4 rings (SSSR count). The summed E-state index contributed by atoms with van der Waals surface area (Å²) in [5.41, 5.74) is 2.78. The molecule has 1 aliphatic rings. The number of halogens is 2. The molecule has 4 unspecified atom stereocenters. The Balaban J connectivity index is 1.73. The molecule has 1 aliphatic heterocycles. The van der Waals surface area contributed by atoms with Gasteiger partial charge >= 0.3 is 0 Å². The monoisotopic (exact) mass is 454 g/mol. The van der Waals surface area contributed by atoms with Gasteiger partial charge in [-0.2, -0.15) is 5.10 Å². The summed E-state index contributed by atoms with van der Waals surface area (Å²) in [7, 11) is 0. The molecule has 2 aromatic heterocycles. The minimum absolute atomic E-state index is 0.0189. The van der Waals surface area contributed by atoms with Crippen molar-refractivity contribution < 1.29 is 20.1 Å². The van der Waals surface area contributed by atoms with Crippen LogP contribution in [0.5, 0.6) is 0 Å². The van der Waals surface area contributed by atoms with Gasteiger partial charge in [-0.1, -0.05) is 29.3 Å². The number of ether oxygens (including phenoxy) is 1. The molecule has 13 heteroatoms. The van der Waals surface area contributed by atoms with E-state index in [9.17, 15) is 20.1 Å². The zero-order chi connectivity index (χ0) is 21.4. The van der Waals surface area contributed by atoms with Gasteiger partial charge in [0.1, 0.15) is 18.3 Å². The van der Waals surface area contributed by atoms with Crippen molar-refractivity contribution in [2.75, 3.05) is 12.0 Å². The lowest BCUT2D eigenvalue weighted by atomic mass is 10.1. The normalized spacial score (nSPS) is 24.2. The van der Waals surface area contributed by atoms with E-state index in [2.05, 4.69) is 25.5 Å². The highest BCUT2D eigenvalue weighted by atomic mass is 35.5. The van der Waals surface area contributed by atoms with Crippen molar-refractivity contribution in [3.8, 4) is 0 Å².